The van der Waals surface area contributed by atoms with E-state index in [-0.39, 0.29) is 0 Å². The summed E-state index contributed by atoms with van der Waals surface area (Å²) >= 11 is 0. The van der Waals surface area contributed by atoms with Crippen molar-refractivity contribution in [3.63, 3.8) is 0 Å². The Morgan fingerprint density at radius 2 is 2.37 bits per heavy atom. The van der Waals surface area contributed by atoms with Gasteiger partial charge < -0.3 is 10.1 Å². The fourth-order valence-corrected chi connectivity index (χ4v) is 2.30. The topological polar surface area (TPSA) is 64.9 Å². The number of rotatable bonds is 3. The molecule has 6 nitrogen and oxygen atoms in total. The number of benzene rings is 1. The van der Waals surface area contributed by atoms with E-state index in [1.54, 1.807) is 11.9 Å². The van der Waals surface area contributed by atoms with Crippen LogP contribution in [0.1, 0.15) is 24.6 Å². The van der Waals surface area contributed by atoms with Crippen LogP contribution >= 0.6 is 0 Å². The summed E-state index contributed by atoms with van der Waals surface area (Å²) in [6.07, 6.45) is 2.29. The van der Waals surface area contributed by atoms with Crippen molar-refractivity contribution < 1.29 is 4.74 Å². The fourth-order valence-electron chi connectivity index (χ4n) is 2.30. The molecule has 1 N–H and O–H groups in total. The van der Waals surface area contributed by atoms with Gasteiger partial charge in [-0.2, -0.15) is 0 Å². The first-order chi connectivity index (χ1) is 9.36. The molecule has 1 unspecified atom stereocenters. The molecule has 0 radical (unpaired) electrons. The first kappa shape index (κ1) is 12.1. The maximum atomic E-state index is 5.20. The van der Waals surface area contributed by atoms with Gasteiger partial charge in [-0.1, -0.05) is 6.07 Å². The Hall–Kier alpha value is -1.95. The fraction of sp³-hybridized carbons (Fsp3) is 0.462. The molecule has 1 aromatic heterocycles. The second kappa shape index (κ2) is 5.36. The molecule has 2 heterocycles. The van der Waals surface area contributed by atoms with Crippen LogP contribution in [0.4, 0.5) is 0 Å². The van der Waals surface area contributed by atoms with E-state index in [9.17, 15) is 0 Å². The van der Waals surface area contributed by atoms with Gasteiger partial charge in [0.1, 0.15) is 5.75 Å². The van der Waals surface area contributed by atoms with Gasteiger partial charge in [-0.25, -0.2) is 0 Å². The molecule has 1 aromatic carbocycles. The quantitative estimate of drug-likeness (QED) is 0.895. The summed E-state index contributed by atoms with van der Waals surface area (Å²) in [7, 11) is 1.65. The van der Waals surface area contributed by atoms with Crippen LogP contribution in [-0.4, -0.2) is 40.4 Å². The van der Waals surface area contributed by atoms with Gasteiger partial charge >= 0.3 is 0 Å². The third-order valence-corrected chi connectivity index (χ3v) is 3.38. The van der Waals surface area contributed by atoms with Crippen LogP contribution in [0, 0.1) is 0 Å². The smallest absolute Gasteiger partial charge is 0.179 e. The molecule has 1 atom stereocenters. The summed E-state index contributed by atoms with van der Waals surface area (Å²) in [5, 5.41) is 16.1. The molecule has 0 amide bonds. The number of aromatic nitrogens is 4. The van der Waals surface area contributed by atoms with E-state index in [0.29, 0.717) is 5.92 Å². The highest BCUT2D eigenvalue weighted by Gasteiger charge is 2.20. The molecule has 19 heavy (non-hydrogen) atoms. The minimum Gasteiger partial charge on any atom is -0.497 e. The molecule has 1 aliphatic rings. The van der Waals surface area contributed by atoms with Crippen molar-refractivity contribution in [3.05, 3.63) is 30.1 Å². The highest BCUT2D eigenvalue weighted by atomic mass is 16.5. The Kier molecular flexibility index (Phi) is 3.41. The van der Waals surface area contributed by atoms with Crippen molar-refractivity contribution in [2.75, 3.05) is 20.2 Å². The predicted molar refractivity (Wildman–Crippen MR) is 70.6 cm³/mol. The maximum absolute atomic E-state index is 5.20. The van der Waals surface area contributed by atoms with Gasteiger partial charge in [0.05, 0.1) is 12.8 Å². The van der Waals surface area contributed by atoms with Crippen LogP contribution < -0.4 is 10.1 Å². The molecule has 6 heteroatoms. The molecular weight excluding hydrogens is 242 g/mol. The number of nitrogens with one attached hydrogen (secondary N) is 1. The second-order valence-corrected chi connectivity index (χ2v) is 4.68. The van der Waals surface area contributed by atoms with Gasteiger partial charge in [-0.15, -0.1) is 15.0 Å². The standard InChI is InChI=1S/C13H17N5O/c1-19-12-6-2-5-11(8-12)18-16-13(15-17-18)10-4-3-7-14-9-10/h2,5-6,8,10,14H,3-4,7,9H2,1H3. The molecular formula is C13H17N5O. The number of methoxy groups -OCH3 is 1. The number of tetrazole rings is 1. The molecule has 0 bridgehead atoms. The second-order valence-electron chi connectivity index (χ2n) is 4.68. The summed E-state index contributed by atoms with van der Waals surface area (Å²) in [6, 6.07) is 7.64. The zero-order valence-electron chi connectivity index (χ0n) is 10.9. The molecule has 1 aliphatic heterocycles. The number of hydrogen-bond donors (Lipinski definition) is 1. The average molecular weight is 259 g/mol. The summed E-state index contributed by atoms with van der Waals surface area (Å²) in [6.45, 7) is 2.02. The van der Waals surface area contributed by atoms with Crippen LogP contribution in [0.25, 0.3) is 5.69 Å². The van der Waals surface area contributed by atoms with E-state index in [4.69, 9.17) is 4.74 Å². The van der Waals surface area contributed by atoms with Crippen LogP contribution in [0.5, 0.6) is 5.75 Å². The normalized spacial score (nSPS) is 19.3. The average Bonchev–Trinajstić information content (AvgIpc) is 2.98. The predicted octanol–water partition coefficient (Wildman–Crippen LogP) is 1.14. The van der Waals surface area contributed by atoms with Crippen molar-refractivity contribution in [2.24, 2.45) is 0 Å². The van der Waals surface area contributed by atoms with Gasteiger partial charge in [0.15, 0.2) is 5.82 Å². The summed E-state index contributed by atoms with van der Waals surface area (Å²) < 4.78 is 5.20. The molecule has 0 spiro atoms. The zero-order valence-corrected chi connectivity index (χ0v) is 10.9. The van der Waals surface area contributed by atoms with Crippen molar-refractivity contribution in [2.45, 2.75) is 18.8 Å². The Morgan fingerprint density at radius 1 is 1.42 bits per heavy atom. The van der Waals surface area contributed by atoms with Crippen LogP contribution in [0.2, 0.25) is 0 Å². The van der Waals surface area contributed by atoms with Gasteiger partial charge in [0, 0.05) is 18.5 Å². The summed E-state index contributed by atoms with van der Waals surface area (Å²) in [4.78, 5) is 1.56. The van der Waals surface area contributed by atoms with Crippen molar-refractivity contribution in [1.82, 2.24) is 25.5 Å². The molecule has 3 rings (SSSR count). The minimum absolute atomic E-state index is 0.369. The third kappa shape index (κ3) is 2.58. The van der Waals surface area contributed by atoms with Crippen molar-refractivity contribution >= 4 is 0 Å². The van der Waals surface area contributed by atoms with Crippen molar-refractivity contribution in [1.29, 1.82) is 0 Å². The van der Waals surface area contributed by atoms with Gasteiger partial charge in [0.25, 0.3) is 0 Å². The molecule has 1 saturated heterocycles. The Balaban J connectivity index is 1.83. The van der Waals surface area contributed by atoms with E-state index in [0.717, 1.165) is 36.8 Å². The Morgan fingerprint density at radius 3 is 3.16 bits per heavy atom. The lowest BCUT2D eigenvalue weighted by Crippen LogP contribution is -2.29. The van der Waals surface area contributed by atoms with Gasteiger partial charge in [-0.05, 0) is 36.7 Å². The molecule has 2 aromatic rings. The number of hydrogen-bond acceptors (Lipinski definition) is 5. The van der Waals surface area contributed by atoms with E-state index < -0.39 is 0 Å². The number of ether oxygens (including phenoxy) is 1. The van der Waals surface area contributed by atoms with Crippen molar-refractivity contribution in [3.8, 4) is 11.4 Å². The van der Waals surface area contributed by atoms with Crippen LogP contribution in [-0.2, 0) is 0 Å². The van der Waals surface area contributed by atoms with Gasteiger partial charge in [0.2, 0.25) is 0 Å². The largest absolute Gasteiger partial charge is 0.497 e. The van der Waals surface area contributed by atoms with E-state index in [2.05, 4.69) is 20.7 Å². The maximum Gasteiger partial charge on any atom is 0.179 e. The SMILES string of the molecule is COc1cccc(-n2nnc(C3CCCNC3)n2)c1. The summed E-state index contributed by atoms with van der Waals surface area (Å²) in [5.41, 5.74) is 0.863. The third-order valence-electron chi connectivity index (χ3n) is 3.38. The Bertz CT molecular complexity index is 547. The lowest BCUT2D eigenvalue weighted by atomic mass is 9.99. The highest BCUT2D eigenvalue weighted by Crippen LogP contribution is 2.20. The first-order valence-electron chi connectivity index (χ1n) is 6.52. The monoisotopic (exact) mass is 259 g/mol. The van der Waals surface area contributed by atoms with E-state index >= 15 is 0 Å². The molecule has 0 aliphatic carbocycles. The van der Waals surface area contributed by atoms with Crippen LogP contribution in [0.3, 0.4) is 0 Å². The van der Waals surface area contributed by atoms with Gasteiger partial charge in [-0.3, -0.25) is 0 Å². The lowest BCUT2D eigenvalue weighted by molar-refractivity contribution is 0.414. The number of nitrogens with zero attached hydrogens (tertiary/aromatic N) is 4. The van der Waals surface area contributed by atoms with E-state index in [1.165, 1.54) is 6.42 Å². The van der Waals surface area contributed by atoms with E-state index in [1.807, 2.05) is 24.3 Å². The molecule has 100 valence electrons. The molecule has 0 saturated carbocycles. The Labute approximate surface area is 111 Å². The highest BCUT2D eigenvalue weighted by molar-refractivity contribution is 5.37. The zero-order chi connectivity index (χ0) is 13.1. The molecule has 1 fully saturated rings. The lowest BCUT2D eigenvalue weighted by Gasteiger charge is -2.19. The number of piperidine rings is 1. The minimum atomic E-state index is 0.369. The van der Waals surface area contributed by atoms with Crippen LogP contribution in [0.15, 0.2) is 24.3 Å². The summed E-state index contributed by atoms with van der Waals surface area (Å²) in [5.74, 6) is 1.97. The first-order valence-corrected chi connectivity index (χ1v) is 6.52.